The Hall–Kier alpha value is -2.01. The van der Waals surface area contributed by atoms with Gasteiger partial charge in [0.1, 0.15) is 5.56 Å². The summed E-state index contributed by atoms with van der Waals surface area (Å²) in [5, 5.41) is 16.8. The third-order valence-electron chi connectivity index (χ3n) is 2.92. The van der Waals surface area contributed by atoms with E-state index in [-0.39, 0.29) is 5.56 Å². The van der Waals surface area contributed by atoms with Gasteiger partial charge in [-0.25, -0.2) is 4.79 Å². The molecule has 0 unspecified atom stereocenters. The third kappa shape index (κ3) is 2.88. The Morgan fingerprint density at radius 3 is 2.89 bits per heavy atom. The zero-order valence-corrected chi connectivity index (χ0v) is 11.4. The maximum atomic E-state index is 11.0. The minimum atomic E-state index is -0.980. The first kappa shape index (κ1) is 13.4. The molecule has 1 aromatic heterocycles. The second-order valence-corrected chi connectivity index (χ2v) is 4.66. The van der Waals surface area contributed by atoms with E-state index >= 15 is 0 Å². The number of carboxylic acids is 1. The summed E-state index contributed by atoms with van der Waals surface area (Å²) in [7, 11) is 1.71. The minimum absolute atomic E-state index is 0.202. The molecule has 0 spiro atoms. The Morgan fingerprint density at radius 1 is 1.53 bits per heavy atom. The number of rotatable bonds is 4. The maximum absolute atomic E-state index is 11.0. The van der Waals surface area contributed by atoms with E-state index in [0.29, 0.717) is 17.3 Å². The highest BCUT2D eigenvalue weighted by atomic mass is 35.5. The van der Waals surface area contributed by atoms with Gasteiger partial charge in [-0.3, -0.25) is 4.68 Å². The van der Waals surface area contributed by atoms with Crippen LogP contribution >= 0.6 is 11.6 Å². The van der Waals surface area contributed by atoms with E-state index in [1.807, 2.05) is 25.1 Å². The van der Waals surface area contributed by atoms with Crippen LogP contribution in [0.2, 0.25) is 5.02 Å². The summed E-state index contributed by atoms with van der Waals surface area (Å²) in [5.41, 5.74) is 2.66. The van der Waals surface area contributed by atoms with Crippen LogP contribution in [0.4, 0.5) is 5.69 Å². The van der Waals surface area contributed by atoms with Gasteiger partial charge in [0.15, 0.2) is 0 Å². The largest absolute Gasteiger partial charge is 0.478 e. The van der Waals surface area contributed by atoms with E-state index in [1.54, 1.807) is 11.7 Å². The molecule has 0 saturated carbocycles. The summed E-state index contributed by atoms with van der Waals surface area (Å²) >= 11 is 6.04. The van der Waals surface area contributed by atoms with Crippen molar-refractivity contribution in [3.8, 4) is 0 Å². The minimum Gasteiger partial charge on any atom is -0.478 e. The molecule has 100 valence electrons. The second-order valence-electron chi connectivity index (χ2n) is 4.25. The van der Waals surface area contributed by atoms with Crippen molar-refractivity contribution in [3.05, 3.63) is 46.2 Å². The number of aromatic carboxylic acids is 1. The lowest BCUT2D eigenvalue weighted by Crippen LogP contribution is -2.10. The fourth-order valence-electron chi connectivity index (χ4n) is 1.74. The summed E-state index contributed by atoms with van der Waals surface area (Å²) in [6, 6.07) is 5.62. The highest BCUT2D eigenvalue weighted by molar-refractivity contribution is 6.31. The number of nitrogens with zero attached hydrogens (tertiary/aromatic N) is 2. The molecule has 6 heteroatoms. The maximum Gasteiger partial charge on any atom is 0.339 e. The number of hydrogen-bond donors (Lipinski definition) is 2. The smallest absolute Gasteiger partial charge is 0.339 e. The van der Waals surface area contributed by atoms with Crippen molar-refractivity contribution >= 4 is 23.3 Å². The fourth-order valence-corrected chi connectivity index (χ4v) is 1.92. The summed E-state index contributed by atoms with van der Waals surface area (Å²) in [6.07, 6.45) is 1.35. The van der Waals surface area contributed by atoms with Gasteiger partial charge in [0.25, 0.3) is 0 Å². The number of carboxylic acid groups (broad SMARTS) is 1. The molecule has 0 fully saturated rings. The zero-order chi connectivity index (χ0) is 14.0. The molecule has 0 radical (unpaired) electrons. The molecule has 0 atom stereocenters. The lowest BCUT2D eigenvalue weighted by Gasteiger charge is -2.09. The predicted molar refractivity (Wildman–Crippen MR) is 73.7 cm³/mol. The van der Waals surface area contributed by atoms with Crippen molar-refractivity contribution in [2.75, 3.05) is 5.32 Å². The predicted octanol–water partition coefficient (Wildman–Crippen LogP) is 2.69. The standard InChI is InChI=1S/C13H14ClN3O2/c1-8-3-4-9(5-11(8)14)15-7-12-10(13(18)19)6-16-17(12)2/h3-6,15H,7H2,1-2H3,(H,18,19). The summed E-state index contributed by atoms with van der Waals surface area (Å²) in [4.78, 5) is 11.0. The molecular formula is C13H14ClN3O2. The Morgan fingerprint density at radius 2 is 2.26 bits per heavy atom. The fraction of sp³-hybridized carbons (Fsp3) is 0.231. The van der Waals surface area contributed by atoms with Gasteiger partial charge in [-0.1, -0.05) is 17.7 Å². The average molecular weight is 280 g/mol. The molecule has 2 rings (SSSR count). The molecule has 19 heavy (non-hydrogen) atoms. The first-order valence-corrected chi connectivity index (χ1v) is 6.11. The van der Waals surface area contributed by atoms with E-state index in [4.69, 9.17) is 16.7 Å². The lowest BCUT2D eigenvalue weighted by atomic mass is 10.2. The van der Waals surface area contributed by atoms with Gasteiger partial charge in [-0.05, 0) is 24.6 Å². The monoisotopic (exact) mass is 279 g/mol. The van der Waals surface area contributed by atoms with Crippen LogP contribution in [0.1, 0.15) is 21.6 Å². The van der Waals surface area contributed by atoms with Crippen LogP contribution in [0.5, 0.6) is 0 Å². The van der Waals surface area contributed by atoms with E-state index < -0.39 is 5.97 Å². The second kappa shape index (κ2) is 5.32. The third-order valence-corrected chi connectivity index (χ3v) is 3.33. The van der Waals surface area contributed by atoms with Gasteiger partial charge in [0.2, 0.25) is 0 Å². The van der Waals surface area contributed by atoms with Gasteiger partial charge in [-0.2, -0.15) is 5.10 Å². The summed E-state index contributed by atoms with van der Waals surface area (Å²) in [6.45, 7) is 2.30. The first-order chi connectivity index (χ1) is 8.99. The number of aromatic nitrogens is 2. The molecular weight excluding hydrogens is 266 g/mol. The normalized spacial score (nSPS) is 10.5. The van der Waals surface area contributed by atoms with Crippen LogP contribution < -0.4 is 5.32 Å². The molecule has 1 heterocycles. The van der Waals surface area contributed by atoms with Crippen molar-refractivity contribution in [2.45, 2.75) is 13.5 Å². The number of carbonyl (C=O) groups is 1. The average Bonchev–Trinajstić information content (AvgIpc) is 2.72. The van der Waals surface area contributed by atoms with Gasteiger partial charge < -0.3 is 10.4 Å². The molecule has 2 aromatic rings. The van der Waals surface area contributed by atoms with Gasteiger partial charge in [-0.15, -0.1) is 0 Å². The van der Waals surface area contributed by atoms with Crippen LogP contribution in [0.15, 0.2) is 24.4 Å². The quantitative estimate of drug-likeness (QED) is 0.903. The van der Waals surface area contributed by atoms with Crippen LogP contribution in [-0.2, 0) is 13.6 Å². The Balaban J connectivity index is 2.16. The number of hydrogen-bond acceptors (Lipinski definition) is 3. The van der Waals surface area contributed by atoms with E-state index in [1.165, 1.54) is 6.20 Å². The Labute approximate surface area is 115 Å². The molecule has 0 aliphatic rings. The van der Waals surface area contributed by atoms with Crippen molar-refractivity contribution in [2.24, 2.45) is 7.05 Å². The molecule has 0 aliphatic heterocycles. The topological polar surface area (TPSA) is 67.2 Å². The van der Waals surface area contributed by atoms with Crippen LogP contribution in [0.25, 0.3) is 0 Å². The number of anilines is 1. The molecule has 2 N–H and O–H groups in total. The number of benzene rings is 1. The highest BCUT2D eigenvalue weighted by Gasteiger charge is 2.14. The van der Waals surface area contributed by atoms with Crippen LogP contribution in [-0.4, -0.2) is 20.9 Å². The first-order valence-electron chi connectivity index (χ1n) is 5.73. The van der Waals surface area contributed by atoms with Crippen molar-refractivity contribution in [1.82, 2.24) is 9.78 Å². The van der Waals surface area contributed by atoms with Crippen molar-refractivity contribution < 1.29 is 9.90 Å². The van der Waals surface area contributed by atoms with Crippen molar-refractivity contribution in [1.29, 1.82) is 0 Å². The summed E-state index contributed by atoms with van der Waals surface area (Å²) < 4.78 is 1.55. The molecule has 5 nitrogen and oxygen atoms in total. The van der Waals surface area contributed by atoms with E-state index in [0.717, 1.165) is 11.3 Å². The summed E-state index contributed by atoms with van der Waals surface area (Å²) in [5.74, 6) is -0.980. The lowest BCUT2D eigenvalue weighted by molar-refractivity contribution is 0.0695. The number of halogens is 1. The molecule has 0 aliphatic carbocycles. The number of nitrogens with one attached hydrogen (secondary N) is 1. The molecule has 1 aromatic carbocycles. The molecule has 0 bridgehead atoms. The molecule has 0 saturated heterocycles. The van der Waals surface area contributed by atoms with Gasteiger partial charge in [0.05, 0.1) is 18.4 Å². The van der Waals surface area contributed by atoms with Crippen LogP contribution in [0.3, 0.4) is 0 Å². The SMILES string of the molecule is Cc1ccc(NCc2c(C(=O)O)cnn2C)cc1Cl. The van der Waals surface area contributed by atoms with Crippen molar-refractivity contribution in [3.63, 3.8) is 0 Å². The van der Waals surface area contributed by atoms with Gasteiger partial charge in [0, 0.05) is 17.8 Å². The highest BCUT2D eigenvalue weighted by Crippen LogP contribution is 2.20. The van der Waals surface area contributed by atoms with Gasteiger partial charge >= 0.3 is 5.97 Å². The van der Waals surface area contributed by atoms with Crippen LogP contribution in [0, 0.1) is 6.92 Å². The zero-order valence-electron chi connectivity index (χ0n) is 10.6. The Bertz CT molecular complexity index is 622. The molecule has 0 amide bonds. The van der Waals surface area contributed by atoms with E-state index in [2.05, 4.69) is 10.4 Å². The number of aryl methyl sites for hydroxylation is 2. The van der Waals surface area contributed by atoms with E-state index in [9.17, 15) is 4.79 Å². The Kier molecular flexibility index (Phi) is 3.76.